The van der Waals surface area contributed by atoms with Crippen LogP contribution >= 0.6 is 0 Å². The van der Waals surface area contributed by atoms with E-state index in [0.717, 1.165) is 22.3 Å². The minimum absolute atomic E-state index is 0.0739. The first-order valence-electron chi connectivity index (χ1n) is 11.7. The number of hydrogen-bond acceptors (Lipinski definition) is 5. The first kappa shape index (κ1) is 21.9. The van der Waals surface area contributed by atoms with Gasteiger partial charge in [0.2, 0.25) is 11.8 Å². The largest absolute Gasteiger partial charge is 0.355 e. The molecule has 7 rings (SSSR count). The summed E-state index contributed by atoms with van der Waals surface area (Å²) in [7, 11) is 3.15. The third-order valence-corrected chi connectivity index (χ3v) is 8.02. The van der Waals surface area contributed by atoms with E-state index < -0.39 is 23.5 Å². The Kier molecular flexibility index (Phi) is 4.82. The first-order valence-corrected chi connectivity index (χ1v) is 11.7. The predicted octanol–water partition coefficient (Wildman–Crippen LogP) is 4.06. The van der Waals surface area contributed by atoms with E-state index >= 15 is 0 Å². The van der Waals surface area contributed by atoms with Crippen LogP contribution in [0.5, 0.6) is 0 Å². The topological polar surface area (TPSA) is 72.9 Å². The quantitative estimate of drug-likeness (QED) is 0.322. The highest BCUT2D eigenvalue weighted by atomic mass is 16.7. The number of rotatable bonds is 5. The van der Waals surface area contributed by atoms with Gasteiger partial charge in [0.25, 0.3) is 0 Å². The Hall–Kier alpha value is -3.61. The smallest absolute Gasteiger partial charge is 0.239 e. The molecule has 35 heavy (non-hydrogen) atoms. The van der Waals surface area contributed by atoms with E-state index in [1.807, 2.05) is 48.5 Å². The average Bonchev–Trinajstić information content (AvgIpc) is 3.16. The van der Waals surface area contributed by atoms with Gasteiger partial charge in [-0.25, -0.2) is 4.90 Å². The maximum absolute atomic E-state index is 14.2. The molecule has 0 spiro atoms. The van der Waals surface area contributed by atoms with E-state index in [1.54, 1.807) is 38.5 Å². The van der Waals surface area contributed by atoms with E-state index in [2.05, 4.69) is 0 Å². The van der Waals surface area contributed by atoms with Crippen molar-refractivity contribution < 1.29 is 23.9 Å². The van der Waals surface area contributed by atoms with Crippen molar-refractivity contribution in [2.75, 3.05) is 19.1 Å². The van der Waals surface area contributed by atoms with Crippen LogP contribution in [0.2, 0.25) is 0 Å². The monoisotopic (exact) mass is 467 g/mol. The van der Waals surface area contributed by atoms with Crippen LogP contribution < -0.4 is 4.90 Å². The Morgan fingerprint density at radius 3 is 1.89 bits per heavy atom. The van der Waals surface area contributed by atoms with Gasteiger partial charge in [0.05, 0.1) is 22.9 Å². The molecule has 2 bridgehead atoms. The number of Topliss-reactive ketones (excluding diaryl/α,β-unsaturated/α-hetero) is 1. The number of methoxy groups -OCH3 is 2. The standard InChI is InChI=1S/C29H25NO5/c1-16(31)17-12-14-18(15-13-17)30-26(32)24-23-19-8-4-6-10-21(19)29(25(24)27(30)33,28(34-2)35-3)22-11-7-5-9-20(22)23/h4-15,23-25,28H,1-3H3/t23?,24-,25-,29?/m0/s1. The van der Waals surface area contributed by atoms with Gasteiger partial charge in [-0.1, -0.05) is 48.5 Å². The zero-order valence-corrected chi connectivity index (χ0v) is 19.7. The van der Waals surface area contributed by atoms with Crippen molar-refractivity contribution in [2.24, 2.45) is 11.8 Å². The van der Waals surface area contributed by atoms with Gasteiger partial charge in [-0.3, -0.25) is 14.4 Å². The second-order valence-corrected chi connectivity index (χ2v) is 9.44. The number of anilines is 1. The number of ether oxygens (including phenoxy) is 2. The van der Waals surface area contributed by atoms with Crippen molar-refractivity contribution >= 4 is 23.3 Å². The Morgan fingerprint density at radius 2 is 1.37 bits per heavy atom. The molecule has 2 atom stereocenters. The molecule has 1 aliphatic heterocycles. The lowest BCUT2D eigenvalue weighted by Gasteiger charge is -2.56. The van der Waals surface area contributed by atoms with Crippen molar-refractivity contribution in [3.8, 4) is 0 Å². The van der Waals surface area contributed by atoms with E-state index in [-0.39, 0.29) is 23.5 Å². The minimum atomic E-state index is -0.989. The van der Waals surface area contributed by atoms with Crippen molar-refractivity contribution in [2.45, 2.75) is 24.5 Å². The van der Waals surface area contributed by atoms with E-state index in [1.165, 1.54) is 11.8 Å². The van der Waals surface area contributed by atoms with Crippen LogP contribution in [0, 0.1) is 11.8 Å². The van der Waals surface area contributed by atoms with Crippen molar-refractivity contribution in [3.63, 3.8) is 0 Å². The van der Waals surface area contributed by atoms with Gasteiger partial charge in [0.1, 0.15) is 0 Å². The fourth-order valence-electron chi connectivity index (χ4n) is 6.80. The molecule has 0 radical (unpaired) electrons. The fraction of sp³-hybridized carbons (Fsp3) is 0.276. The predicted molar refractivity (Wildman–Crippen MR) is 129 cm³/mol. The lowest BCUT2D eigenvalue weighted by molar-refractivity contribution is -0.168. The molecule has 1 saturated heterocycles. The number of ketones is 1. The summed E-state index contributed by atoms with van der Waals surface area (Å²) in [6.07, 6.45) is -0.782. The van der Waals surface area contributed by atoms with Gasteiger partial charge in [-0.2, -0.15) is 0 Å². The number of imide groups is 1. The Bertz CT molecular complexity index is 1330. The Labute approximate surface area is 203 Å². The zero-order chi connectivity index (χ0) is 24.5. The molecule has 0 aromatic heterocycles. The normalized spacial score (nSPS) is 26.1. The first-order chi connectivity index (χ1) is 17.0. The molecule has 176 valence electrons. The van der Waals surface area contributed by atoms with Crippen molar-refractivity contribution in [1.82, 2.24) is 0 Å². The summed E-state index contributed by atoms with van der Waals surface area (Å²) >= 11 is 0. The van der Waals surface area contributed by atoms with Gasteiger partial charge < -0.3 is 9.47 Å². The summed E-state index contributed by atoms with van der Waals surface area (Å²) in [6, 6.07) is 22.7. The zero-order valence-electron chi connectivity index (χ0n) is 19.7. The number of carbonyl (C=O) groups excluding carboxylic acids is 3. The second kappa shape index (κ2) is 7.70. The molecule has 3 aliphatic carbocycles. The maximum Gasteiger partial charge on any atom is 0.239 e. The highest BCUT2D eigenvalue weighted by Gasteiger charge is 2.71. The maximum atomic E-state index is 14.2. The number of hydrogen-bond donors (Lipinski definition) is 0. The molecular weight excluding hydrogens is 442 g/mol. The Morgan fingerprint density at radius 1 is 0.829 bits per heavy atom. The van der Waals surface area contributed by atoms with Crippen molar-refractivity contribution in [1.29, 1.82) is 0 Å². The van der Waals surface area contributed by atoms with Crippen LogP contribution in [-0.2, 0) is 24.5 Å². The second-order valence-electron chi connectivity index (χ2n) is 9.44. The number of benzene rings is 3. The minimum Gasteiger partial charge on any atom is -0.355 e. The number of carbonyl (C=O) groups is 3. The highest BCUT2D eigenvalue weighted by Crippen LogP contribution is 2.65. The molecule has 1 heterocycles. The molecule has 6 nitrogen and oxygen atoms in total. The van der Waals surface area contributed by atoms with Gasteiger partial charge in [-0.15, -0.1) is 0 Å². The van der Waals surface area contributed by atoms with Crippen LogP contribution in [0.15, 0.2) is 72.8 Å². The van der Waals surface area contributed by atoms with Crippen LogP contribution in [-0.4, -0.2) is 38.1 Å². The molecule has 6 heteroatoms. The lowest BCUT2D eigenvalue weighted by atomic mass is 9.47. The van der Waals surface area contributed by atoms with E-state index in [4.69, 9.17) is 9.47 Å². The molecule has 4 aliphatic rings. The molecule has 0 N–H and O–H groups in total. The average molecular weight is 468 g/mol. The van der Waals surface area contributed by atoms with Gasteiger partial charge in [-0.05, 0) is 53.4 Å². The summed E-state index contributed by atoms with van der Waals surface area (Å²) in [4.78, 5) is 41.4. The fourth-order valence-corrected chi connectivity index (χ4v) is 6.80. The van der Waals surface area contributed by atoms with Crippen LogP contribution in [0.4, 0.5) is 5.69 Å². The molecule has 1 fully saturated rings. The summed E-state index contributed by atoms with van der Waals surface area (Å²) in [5.74, 6) is -2.12. The third-order valence-electron chi connectivity index (χ3n) is 8.02. The van der Waals surface area contributed by atoms with E-state index in [9.17, 15) is 14.4 Å². The lowest BCUT2D eigenvalue weighted by Crippen LogP contribution is -2.60. The van der Waals surface area contributed by atoms with Crippen LogP contribution in [0.3, 0.4) is 0 Å². The summed E-state index contributed by atoms with van der Waals surface area (Å²) in [5, 5.41) is 0. The molecule has 3 aromatic carbocycles. The molecule has 0 unspecified atom stereocenters. The summed E-state index contributed by atoms with van der Waals surface area (Å²) in [6.45, 7) is 1.49. The van der Waals surface area contributed by atoms with Gasteiger partial charge in [0, 0.05) is 25.7 Å². The third kappa shape index (κ3) is 2.64. The van der Waals surface area contributed by atoms with Crippen molar-refractivity contribution in [3.05, 3.63) is 101 Å². The SMILES string of the molecule is COC(OC)C12c3ccccc3C(c3ccccc31)[C@@H]1C(=O)N(c3ccc(C(C)=O)cc3)C(=O)[C@H]12. The summed E-state index contributed by atoms with van der Waals surface area (Å²) in [5.41, 5.74) is 4.00. The van der Waals surface area contributed by atoms with Crippen LogP contribution in [0.1, 0.15) is 45.5 Å². The number of amides is 2. The summed E-state index contributed by atoms with van der Waals surface area (Å²) < 4.78 is 11.8. The number of nitrogens with zero attached hydrogens (tertiary/aromatic N) is 1. The van der Waals surface area contributed by atoms with Gasteiger partial charge >= 0.3 is 0 Å². The van der Waals surface area contributed by atoms with E-state index in [0.29, 0.717) is 11.3 Å². The molecule has 3 aromatic rings. The highest BCUT2D eigenvalue weighted by molar-refractivity contribution is 6.24. The molecule has 0 saturated carbocycles. The van der Waals surface area contributed by atoms with Crippen LogP contribution in [0.25, 0.3) is 0 Å². The molecule has 2 amide bonds. The van der Waals surface area contributed by atoms with Gasteiger partial charge in [0.15, 0.2) is 12.1 Å². The molecular formula is C29H25NO5. The Balaban J connectivity index is 1.62.